The van der Waals surface area contributed by atoms with Crippen molar-refractivity contribution in [2.24, 2.45) is 0 Å². The Balaban J connectivity index is 2.00. The average Bonchev–Trinajstić information content (AvgIpc) is 2.90. The second-order valence-corrected chi connectivity index (χ2v) is 6.01. The lowest BCUT2D eigenvalue weighted by atomic mass is 10.1. The van der Waals surface area contributed by atoms with E-state index in [0.717, 1.165) is 22.6 Å². The van der Waals surface area contributed by atoms with Gasteiger partial charge in [0.1, 0.15) is 0 Å². The second kappa shape index (κ2) is 6.36. The van der Waals surface area contributed by atoms with E-state index in [1.165, 1.54) is 5.56 Å². The van der Waals surface area contributed by atoms with Crippen molar-refractivity contribution in [3.63, 3.8) is 0 Å². The quantitative estimate of drug-likeness (QED) is 0.747. The number of nitrogens with zero attached hydrogens (tertiary/aromatic N) is 2. The molecular formula is C17H16N3O2S-. The summed E-state index contributed by atoms with van der Waals surface area (Å²) in [6.45, 7) is 4.00. The van der Waals surface area contributed by atoms with Gasteiger partial charge in [-0.2, -0.15) is 5.10 Å². The van der Waals surface area contributed by atoms with Crippen LogP contribution in [0.2, 0.25) is 0 Å². The van der Waals surface area contributed by atoms with Gasteiger partial charge < -0.3 is 9.27 Å². The van der Waals surface area contributed by atoms with Crippen LogP contribution in [0.4, 0.5) is 5.69 Å². The van der Waals surface area contributed by atoms with E-state index in [9.17, 15) is 8.76 Å². The molecule has 3 rings (SSSR count). The van der Waals surface area contributed by atoms with Crippen molar-refractivity contribution >= 4 is 17.0 Å². The molecule has 3 aromatic rings. The number of anilines is 1. The fourth-order valence-electron chi connectivity index (χ4n) is 2.39. The van der Waals surface area contributed by atoms with Gasteiger partial charge in [-0.25, -0.2) is 4.68 Å². The molecule has 1 atom stereocenters. The first-order valence-electron chi connectivity index (χ1n) is 7.13. The summed E-state index contributed by atoms with van der Waals surface area (Å²) in [6.07, 6.45) is 0. The standard InChI is InChI=1S/C17H17N3O2S/c1-12-3-5-14(6-4-12)17-11-13(2)18-20(17)16-9-7-15(8-10-16)19-23(21)22/h3-11,19H,1-2H3,(H,21,22)/p-1. The number of hydrogen-bond donors (Lipinski definition) is 1. The van der Waals surface area contributed by atoms with Crippen molar-refractivity contribution < 1.29 is 8.76 Å². The molecule has 118 valence electrons. The Morgan fingerprint density at radius 2 is 1.70 bits per heavy atom. The van der Waals surface area contributed by atoms with Crippen LogP contribution in [0.1, 0.15) is 11.3 Å². The van der Waals surface area contributed by atoms with E-state index in [1.807, 2.05) is 29.8 Å². The van der Waals surface area contributed by atoms with Crippen molar-refractivity contribution in [3.05, 3.63) is 65.9 Å². The summed E-state index contributed by atoms with van der Waals surface area (Å²) in [5, 5.41) is 4.54. The Labute approximate surface area is 137 Å². The average molecular weight is 326 g/mol. The maximum atomic E-state index is 10.7. The van der Waals surface area contributed by atoms with Gasteiger partial charge in [0, 0.05) is 22.5 Å². The van der Waals surface area contributed by atoms with Gasteiger partial charge in [-0.05, 0) is 44.2 Å². The summed E-state index contributed by atoms with van der Waals surface area (Å²) in [7, 11) is 0. The molecule has 6 heteroatoms. The smallest absolute Gasteiger partial charge is 0.0743 e. The maximum Gasteiger partial charge on any atom is 0.0743 e. The number of aromatic nitrogens is 2. The molecule has 1 aromatic heterocycles. The van der Waals surface area contributed by atoms with E-state index in [4.69, 9.17) is 0 Å². The van der Waals surface area contributed by atoms with E-state index in [2.05, 4.69) is 41.0 Å². The molecule has 0 aliphatic carbocycles. The molecule has 0 aliphatic heterocycles. The molecule has 23 heavy (non-hydrogen) atoms. The first-order valence-corrected chi connectivity index (χ1v) is 8.20. The highest BCUT2D eigenvalue weighted by molar-refractivity contribution is 7.80. The summed E-state index contributed by atoms with van der Waals surface area (Å²) >= 11 is -2.32. The van der Waals surface area contributed by atoms with Gasteiger partial charge in [0.05, 0.1) is 17.1 Å². The van der Waals surface area contributed by atoms with Crippen molar-refractivity contribution in [1.82, 2.24) is 9.78 Å². The van der Waals surface area contributed by atoms with Crippen molar-refractivity contribution in [1.29, 1.82) is 0 Å². The lowest BCUT2D eigenvalue weighted by Gasteiger charge is -2.11. The number of aryl methyl sites for hydroxylation is 2. The van der Waals surface area contributed by atoms with Crippen LogP contribution in [0.5, 0.6) is 0 Å². The van der Waals surface area contributed by atoms with Crippen LogP contribution in [-0.2, 0) is 11.3 Å². The fraction of sp³-hybridized carbons (Fsp3) is 0.118. The van der Waals surface area contributed by atoms with Crippen LogP contribution >= 0.6 is 0 Å². The van der Waals surface area contributed by atoms with Gasteiger partial charge in [0.25, 0.3) is 0 Å². The molecule has 1 heterocycles. The van der Waals surface area contributed by atoms with Crippen LogP contribution in [0.3, 0.4) is 0 Å². The normalized spacial score (nSPS) is 12.1. The van der Waals surface area contributed by atoms with E-state index in [1.54, 1.807) is 12.1 Å². The monoisotopic (exact) mass is 326 g/mol. The molecule has 1 unspecified atom stereocenters. The summed E-state index contributed by atoms with van der Waals surface area (Å²) in [5.74, 6) is 0. The Kier molecular flexibility index (Phi) is 4.27. The zero-order valence-electron chi connectivity index (χ0n) is 12.8. The maximum absolute atomic E-state index is 10.7. The molecular weight excluding hydrogens is 310 g/mol. The highest BCUT2D eigenvalue weighted by Crippen LogP contribution is 2.25. The molecule has 0 bridgehead atoms. The Morgan fingerprint density at radius 3 is 2.30 bits per heavy atom. The van der Waals surface area contributed by atoms with Gasteiger partial charge in [0.15, 0.2) is 0 Å². The second-order valence-electron chi connectivity index (χ2n) is 5.33. The van der Waals surface area contributed by atoms with Crippen LogP contribution in [0.25, 0.3) is 16.9 Å². The summed E-state index contributed by atoms with van der Waals surface area (Å²) in [5.41, 5.74) is 5.59. The summed E-state index contributed by atoms with van der Waals surface area (Å²) in [4.78, 5) is 0. The first-order chi connectivity index (χ1) is 11.0. The Morgan fingerprint density at radius 1 is 1.04 bits per heavy atom. The highest BCUT2D eigenvalue weighted by Gasteiger charge is 2.09. The molecule has 0 saturated carbocycles. The zero-order chi connectivity index (χ0) is 16.4. The van der Waals surface area contributed by atoms with E-state index >= 15 is 0 Å². The minimum Gasteiger partial charge on any atom is -0.755 e. The SMILES string of the molecule is Cc1ccc(-c2cc(C)nn2-c2ccc(NS(=O)[O-])cc2)cc1. The van der Waals surface area contributed by atoms with Crippen LogP contribution in [0, 0.1) is 13.8 Å². The Bertz CT molecular complexity index is 839. The fourth-order valence-corrected chi connectivity index (χ4v) is 2.72. The molecule has 0 radical (unpaired) electrons. The van der Waals surface area contributed by atoms with E-state index in [0.29, 0.717) is 5.69 Å². The minimum absolute atomic E-state index is 0.517. The van der Waals surface area contributed by atoms with Crippen molar-refractivity contribution in [2.75, 3.05) is 4.72 Å². The van der Waals surface area contributed by atoms with Crippen molar-refractivity contribution in [3.8, 4) is 16.9 Å². The predicted molar refractivity (Wildman–Crippen MR) is 91.0 cm³/mol. The number of hydrogen-bond acceptors (Lipinski definition) is 3. The van der Waals surface area contributed by atoms with Gasteiger partial charge in [-0.15, -0.1) is 0 Å². The predicted octanol–water partition coefficient (Wildman–Crippen LogP) is 3.36. The lowest BCUT2D eigenvalue weighted by Crippen LogP contribution is -2.03. The van der Waals surface area contributed by atoms with Crippen LogP contribution < -0.4 is 4.72 Å². The van der Waals surface area contributed by atoms with Crippen molar-refractivity contribution in [2.45, 2.75) is 13.8 Å². The van der Waals surface area contributed by atoms with Gasteiger partial charge >= 0.3 is 0 Å². The van der Waals surface area contributed by atoms with Crippen LogP contribution in [-0.4, -0.2) is 18.5 Å². The summed E-state index contributed by atoms with van der Waals surface area (Å²) < 4.78 is 25.5. The third-order valence-corrected chi connectivity index (χ3v) is 3.89. The zero-order valence-corrected chi connectivity index (χ0v) is 13.6. The first kappa shape index (κ1) is 15.5. The third kappa shape index (κ3) is 3.49. The molecule has 5 nitrogen and oxygen atoms in total. The molecule has 2 aromatic carbocycles. The third-order valence-electron chi connectivity index (χ3n) is 3.49. The molecule has 0 aliphatic rings. The van der Waals surface area contributed by atoms with E-state index < -0.39 is 11.3 Å². The topological polar surface area (TPSA) is 70.0 Å². The number of rotatable bonds is 4. The highest BCUT2D eigenvalue weighted by atomic mass is 32.2. The minimum atomic E-state index is -2.32. The number of nitrogens with one attached hydrogen (secondary N) is 1. The largest absolute Gasteiger partial charge is 0.755 e. The van der Waals surface area contributed by atoms with Gasteiger partial charge in [0.2, 0.25) is 0 Å². The summed E-state index contributed by atoms with van der Waals surface area (Å²) in [6, 6.07) is 17.4. The molecule has 0 amide bonds. The molecule has 1 N–H and O–H groups in total. The van der Waals surface area contributed by atoms with Gasteiger partial charge in [-0.3, -0.25) is 4.21 Å². The number of benzene rings is 2. The molecule has 0 saturated heterocycles. The van der Waals surface area contributed by atoms with Crippen LogP contribution in [0.15, 0.2) is 54.6 Å². The lowest BCUT2D eigenvalue weighted by molar-refractivity contribution is 0.542. The molecule has 0 spiro atoms. The molecule has 0 fully saturated rings. The van der Waals surface area contributed by atoms with Gasteiger partial charge in [-0.1, -0.05) is 29.8 Å². The Hall–Kier alpha value is -2.44. The van der Waals surface area contributed by atoms with E-state index in [-0.39, 0.29) is 0 Å².